The normalized spacial score (nSPS) is 20.6. The number of benzene rings is 1. The Balaban J connectivity index is 1.20. The fourth-order valence-corrected chi connectivity index (χ4v) is 5.06. The first-order valence-corrected chi connectivity index (χ1v) is 11.9. The minimum Gasteiger partial charge on any atom is -0.408 e. The summed E-state index contributed by atoms with van der Waals surface area (Å²) in [7, 11) is 0. The Labute approximate surface area is 198 Å². The average Bonchev–Trinajstić information content (AvgIpc) is 3.56. The number of aryl methyl sites for hydroxylation is 1. The Hall–Kier alpha value is -3.52. The Morgan fingerprint density at radius 3 is 2.76 bits per heavy atom. The monoisotopic (exact) mass is 462 g/mol. The molecule has 0 bridgehead atoms. The number of nitrogens with zero attached hydrogens (tertiary/aromatic N) is 3. The molecule has 3 aromatic rings. The van der Waals surface area contributed by atoms with Crippen LogP contribution in [0.1, 0.15) is 31.7 Å². The van der Waals surface area contributed by atoms with Crippen molar-refractivity contribution in [2.75, 3.05) is 29.9 Å². The Kier molecular flexibility index (Phi) is 6.15. The second kappa shape index (κ2) is 9.38. The van der Waals surface area contributed by atoms with Crippen molar-refractivity contribution in [1.29, 1.82) is 0 Å². The van der Waals surface area contributed by atoms with Crippen molar-refractivity contribution < 1.29 is 13.9 Å². The lowest BCUT2D eigenvalue weighted by atomic mass is 10.1. The molecule has 34 heavy (non-hydrogen) atoms. The summed E-state index contributed by atoms with van der Waals surface area (Å²) < 4.78 is 12.1. The van der Waals surface area contributed by atoms with Crippen LogP contribution in [-0.4, -0.2) is 47.3 Å². The second-order valence-electron chi connectivity index (χ2n) is 9.13. The Morgan fingerprint density at radius 1 is 1.12 bits per heavy atom. The average molecular weight is 463 g/mol. The molecule has 1 N–H and O–H groups in total. The number of aromatic nitrogens is 1. The number of likely N-dealkylation sites (tertiary alicyclic amines) is 1. The Bertz CT molecular complexity index is 1230. The molecule has 5 rings (SSSR count). The van der Waals surface area contributed by atoms with Crippen LogP contribution >= 0.6 is 0 Å². The lowest BCUT2D eigenvalue weighted by Crippen LogP contribution is -2.39. The number of pyridine rings is 1. The van der Waals surface area contributed by atoms with E-state index in [1.165, 1.54) is 48.2 Å². The first-order chi connectivity index (χ1) is 16.5. The quantitative estimate of drug-likeness (QED) is 0.605. The molecule has 2 fully saturated rings. The molecule has 2 aromatic heterocycles. The number of furan rings is 1. The molecule has 2 aliphatic rings. The summed E-state index contributed by atoms with van der Waals surface area (Å²) in [5.74, 6) is 0.290. The van der Waals surface area contributed by atoms with E-state index >= 15 is 0 Å². The van der Waals surface area contributed by atoms with Gasteiger partial charge in [-0.25, -0.2) is 4.79 Å². The van der Waals surface area contributed by atoms with E-state index in [0.717, 1.165) is 18.7 Å². The van der Waals surface area contributed by atoms with Gasteiger partial charge in [0.05, 0.1) is 0 Å². The van der Waals surface area contributed by atoms with Crippen LogP contribution < -0.4 is 20.5 Å². The third kappa shape index (κ3) is 4.59. The number of nitrogens with one attached hydrogen (secondary N) is 1. The van der Waals surface area contributed by atoms with Crippen LogP contribution in [0.25, 0.3) is 5.88 Å². The van der Waals surface area contributed by atoms with Gasteiger partial charge in [0, 0.05) is 60.9 Å². The standard InChI is InChI=1S/C26H30N4O4/c1-18-16-20(28-15-12-21(17-28)29-14-5-6-19(29)2)8-9-22(18)27-26(32)34-25-11-10-24(33-25)30-13-4-3-7-23(30)31/h3-4,7-11,13,16,19,21H,5-6,12,14-15,17H2,1-2H3,(H,27,32). The number of amides is 1. The minimum atomic E-state index is -0.651. The molecule has 8 heteroatoms. The Morgan fingerprint density at radius 2 is 2.00 bits per heavy atom. The number of rotatable bonds is 5. The predicted octanol–water partition coefficient (Wildman–Crippen LogP) is 4.41. The van der Waals surface area contributed by atoms with Gasteiger partial charge in [0.25, 0.3) is 11.5 Å². The van der Waals surface area contributed by atoms with Gasteiger partial charge in [-0.2, -0.15) is 0 Å². The molecule has 0 saturated carbocycles. The molecule has 1 aromatic carbocycles. The van der Waals surface area contributed by atoms with Crippen molar-refractivity contribution >= 4 is 17.5 Å². The van der Waals surface area contributed by atoms with Crippen LogP contribution in [0.2, 0.25) is 0 Å². The SMILES string of the molecule is Cc1cc(N2CCC(N3CCCC3C)C2)ccc1NC(=O)Oc1ccc(-n2ccccc2=O)o1. The van der Waals surface area contributed by atoms with Gasteiger partial charge in [0.1, 0.15) is 0 Å². The molecule has 0 spiro atoms. The van der Waals surface area contributed by atoms with E-state index in [-0.39, 0.29) is 17.4 Å². The minimum absolute atomic E-state index is 0.0109. The van der Waals surface area contributed by atoms with E-state index in [9.17, 15) is 9.59 Å². The summed E-state index contributed by atoms with van der Waals surface area (Å²) >= 11 is 0. The third-order valence-corrected chi connectivity index (χ3v) is 6.87. The summed E-state index contributed by atoms with van der Waals surface area (Å²) in [6, 6.07) is 15.3. The van der Waals surface area contributed by atoms with Crippen LogP contribution in [0.5, 0.6) is 5.95 Å². The van der Waals surface area contributed by atoms with Crippen molar-refractivity contribution in [1.82, 2.24) is 9.47 Å². The zero-order valence-electron chi connectivity index (χ0n) is 19.6. The van der Waals surface area contributed by atoms with Gasteiger partial charge in [0.2, 0.25) is 5.88 Å². The van der Waals surface area contributed by atoms with Gasteiger partial charge >= 0.3 is 6.09 Å². The van der Waals surface area contributed by atoms with Crippen molar-refractivity contribution in [3.05, 3.63) is 70.6 Å². The number of carbonyl (C=O) groups is 1. The third-order valence-electron chi connectivity index (χ3n) is 6.87. The number of anilines is 2. The summed E-state index contributed by atoms with van der Waals surface area (Å²) in [5, 5.41) is 2.78. The molecule has 1 amide bonds. The molecule has 2 unspecified atom stereocenters. The zero-order chi connectivity index (χ0) is 23.7. The number of hydrogen-bond acceptors (Lipinski definition) is 6. The van der Waals surface area contributed by atoms with E-state index < -0.39 is 6.09 Å². The maximum absolute atomic E-state index is 12.4. The molecule has 178 valence electrons. The van der Waals surface area contributed by atoms with Gasteiger partial charge in [-0.05, 0) is 69.5 Å². The highest BCUT2D eigenvalue weighted by Crippen LogP contribution is 2.30. The van der Waals surface area contributed by atoms with E-state index in [1.54, 1.807) is 24.4 Å². The molecule has 0 aliphatic carbocycles. The van der Waals surface area contributed by atoms with Gasteiger partial charge in [-0.15, -0.1) is 0 Å². The van der Waals surface area contributed by atoms with Crippen LogP contribution in [0.4, 0.5) is 16.2 Å². The fourth-order valence-electron chi connectivity index (χ4n) is 5.06. The smallest absolute Gasteiger partial charge is 0.408 e. The van der Waals surface area contributed by atoms with E-state index in [4.69, 9.17) is 9.15 Å². The zero-order valence-corrected chi connectivity index (χ0v) is 19.6. The molecule has 2 atom stereocenters. The van der Waals surface area contributed by atoms with Crippen molar-refractivity contribution in [2.45, 2.75) is 45.2 Å². The molecular weight excluding hydrogens is 432 g/mol. The summed E-state index contributed by atoms with van der Waals surface area (Å²) in [4.78, 5) is 29.5. The highest BCUT2D eigenvalue weighted by atomic mass is 16.6. The largest absolute Gasteiger partial charge is 0.419 e. The predicted molar refractivity (Wildman–Crippen MR) is 131 cm³/mol. The van der Waals surface area contributed by atoms with Crippen molar-refractivity contribution in [2.24, 2.45) is 0 Å². The van der Waals surface area contributed by atoms with Crippen LogP contribution in [0.15, 0.2) is 63.9 Å². The van der Waals surface area contributed by atoms with Crippen LogP contribution in [0.3, 0.4) is 0 Å². The summed E-state index contributed by atoms with van der Waals surface area (Å²) in [6.45, 7) is 7.62. The van der Waals surface area contributed by atoms with Crippen LogP contribution in [0, 0.1) is 6.92 Å². The molecular formula is C26H30N4O4. The second-order valence-corrected chi connectivity index (χ2v) is 9.13. The summed E-state index contributed by atoms with van der Waals surface area (Å²) in [6.07, 6.45) is 4.73. The van der Waals surface area contributed by atoms with E-state index in [1.807, 2.05) is 19.1 Å². The van der Waals surface area contributed by atoms with Gasteiger partial charge < -0.3 is 14.1 Å². The van der Waals surface area contributed by atoms with Gasteiger partial charge in [0.15, 0.2) is 0 Å². The first kappa shape index (κ1) is 22.3. The highest BCUT2D eigenvalue weighted by Gasteiger charge is 2.33. The topological polar surface area (TPSA) is 80.0 Å². The van der Waals surface area contributed by atoms with Crippen molar-refractivity contribution in [3.8, 4) is 11.8 Å². The molecule has 8 nitrogen and oxygen atoms in total. The lowest BCUT2D eigenvalue weighted by molar-refractivity contribution is 0.202. The van der Waals surface area contributed by atoms with E-state index in [2.05, 4.69) is 28.1 Å². The molecule has 2 saturated heterocycles. The molecule has 4 heterocycles. The molecule has 0 radical (unpaired) electrons. The number of hydrogen-bond donors (Lipinski definition) is 1. The number of carbonyl (C=O) groups excluding carboxylic acids is 1. The van der Waals surface area contributed by atoms with Crippen molar-refractivity contribution in [3.63, 3.8) is 0 Å². The lowest BCUT2D eigenvalue weighted by Gasteiger charge is -2.28. The van der Waals surface area contributed by atoms with Crippen LogP contribution in [-0.2, 0) is 0 Å². The maximum Gasteiger partial charge on any atom is 0.419 e. The first-order valence-electron chi connectivity index (χ1n) is 11.9. The highest BCUT2D eigenvalue weighted by molar-refractivity contribution is 5.87. The number of ether oxygens (including phenoxy) is 1. The van der Waals surface area contributed by atoms with Gasteiger partial charge in [-0.1, -0.05) is 6.07 Å². The van der Waals surface area contributed by atoms with Gasteiger partial charge in [-0.3, -0.25) is 19.6 Å². The summed E-state index contributed by atoms with van der Waals surface area (Å²) in [5.41, 5.74) is 2.59. The van der Waals surface area contributed by atoms with E-state index in [0.29, 0.717) is 17.8 Å². The molecule has 2 aliphatic heterocycles. The fraction of sp³-hybridized carbons (Fsp3) is 0.385. The maximum atomic E-state index is 12.4.